The number of carbonyl (C=O) groups excluding carboxylic acids is 1. The van der Waals surface area contributed by atoms with Crippen LogP contribution in [0.25, 0.3) is 0 Å². The van der Waals surface area contributed by atoms with E-state index in [2.05, 4.69) is 0 Å². The molecule has 0 aliphatic heterocycles. The lowest BCUT2D eigenvalue weighted by Gasteiger charge is -2.38. The van der Waals surface area contributed by atoms with Crippen LogP contribution in [-0.2, 0) is 11.3 Å². The number of halogens is 7. The van der Waals surface area contributed by atoms with E-state index in [0.717, 1.165) is 29.6 Å². The van der Waals surface area contributed by atoms with Gasteiger partial charge in [-0.15, -0.1) is 0 Å². The van der Waals surface area contributed by atoms with Crippen molar-refractivity contribution < 1.29 is 35.5 Å². The second-order valence-electron chi connectivity index (χ2n) is 5.02. The molecule has 0 spiro atoms. The lowest BCUT2D eigenvalue weighted by atomic mass is 10.1. The van der Waals surface area contributed by atoms with Crippen LogP contribution in [0.1, 0.15) is 25.3 Å². The van der Waals surface area contributed by atoms with Crippen molar-refractivity contribution in [2.45, 2.75) is 44.3 Å². The number of alkyl halides is 6. The van der Waals surface area contributed by atoms with Crippen LogP contribution in [0.4, 0.5) is 30.7 Å². The maximum Gasteiger partial charge on any atom is 0.434 e. The van der Waals surface area contributed by atoms with Crippen LogP contribution in [0, 0.1) is 5.82 Å². The Labute approximate surface area is 133 Å². The Morgan fingerprint density at radius 2 is 1.50 bits per heavy atom. The highest BCUT2D eigenvalue weighted by Crippen LogP contribution is 2.41. The molecule has 0 aliphatic rings. The fourth-order valence-corrected chi connectivity index (χ4v) is 1.88. The third kappa shape index (κ3) is 4.59. The lowest BCUT2D eigenvalue weighted by Crippen LogP contribution is -2.75. The molecule has 0 unspecified atom stereocenters. The summed E-state index contributed by atoms with van der Waals surface area (Å²) >= 11 is 0. The Kier molecular flexibility index (Phi) is 6.20. The first-order chi connectivity index (χ1) is 10.9. The number of nitrogens with one attached hydrogen (secondary N) is 2. The molecule has 0 heterocycles. The third-order valence-corrected chi connectivity index (χ3v) is 3.13. The van der Waals surface area contributed by atoms with Crippen molar-refractivity contribution in [1.29, 1.82) is 0 Å². The summed E-state index contributed by atoms with van der Waals surface area (Å²) < 4.78 is 91.8. The van der Waals surface area contributed by atoms with Crippen molar-refractivity contribution >= 4 is 5.91 Å². The molecule has 136 valence electrons. The van der Waals surface area contributed by atoms with Crippen molar-refractivity contribution in [1.82, 2.24) is 10.6 Å². The molecule has 1 rings (SSSR count). The number of benzene rings is 1. The predicted molar refractivity (Wildman–Crippen MR) is 71.1 cm³/mol. The normalized spacial score (nSPS) is 13.0. The van der Waals surface area contributed by atoms with E-state index in [-0.39, 0.29) is 12.0 Å². The summed E-state index contributed by atoms with van der Waals surface area (Å²) in [5, 5.41) is 2.35. The van der Waals surface area contributed by atoms with Gasteiger partial charge in [-0.3, -0.25) is 10.1 Å². The fourth-order valence-electron chi connectivity index (χ4n) is 1.88. The molecule has 0 fully saturated rings. The van der Waals surface area contributed by atoms with Gasteiger partial charge in [-0.25, -0.2) is 4.39 Å². The molecule has 0 aromatic heterocycles. The summed E-state index contributed by atoms with van der Waals surface area (Å²) in [6, 6.07) is 3.87. The van der Waals surface area contributed by atoms with Crippen LogP contribution in [0.5, 0.6) is 0 Å². The molecular formula is C14H15F7N2O. The van der Waals surface area contributed by atoms with E-state index in [9.17, 15) is 35.5 Å². The molecule has 24 heavy (non-hydrogen) atoms. The number of rotatable bonds is 6. The largest absolute Gasteiger partial charge is 0.434 e. The third-order valence-electron chi connectivity index (χ3n) is 3.13. The molecule has 3 nitrogen and oxygen atoms in total. The summed E-state index contributed by atoms with van der Waals surface area (Å²) in [6.07, 6.45) is -12.1. The monoisotopic (exact) mass is 360 g/mol. The van der Waals surface area contributed by atoms with Gasteiger partial charge in [0.2, 0.25) is 5.91 Å². The first-order valence-corrected chi connectivity index (χ1v) is 6.87. The zero-order valence-corrected chi connectivity index (χ0v) is 12.5. The minimum Gasteiger partial charge on any atom is -0.323 e. The fraction of sp³-hybridized carbons (Fsp3) is 0.500. The Hall–Kier alpha value is -1.84. The second kappa shape index (κ2) is 7.37. The molecule has 10 heteroatoms. The molecule has 0 bridgehead atoms. The highest BCUT2D eigenvalue weighted by molar-refractivity contribution is 5.77. The van der Waals surface area contributed by atoms with Gasteiger partial charge in [0.15, 0.2) is 0 Å². The maximum atomic E-state index is 13.2. The van der Waals surface area contributed by atoms with Gasteiger partial charge < -0.3 is 5.32 Å². The van der Waals surface area contributed by atoms with Gasteiger partial charge in [-0.1, -0.05) is 19.1 Å². The summed E-state index contributed by atoms with van der Waals surface area (Å²) in [5.74, 6) is -2.08. The zero-order valence-electron chi connectivity index (χ0n) is 12.5. The van der Waals surface area contributed by atoms with E-state index < -0.39 is 42.7 Å². The SMILES string of the molecule is CCCC(=O)NC(NCc1ccc(F)cc1)(C(F)(F)F)C(F)(F)F. The molecule has 0 aliphatic carbocycles. The first kappa shape index (κ1) is 20.2. The van der Waals surface area contributed by atoms with Crippen molar-refractivity contribution in [3.05, 3.63) is 35.6 Å². The highest BCUT2D eigenvalue weighted by Gasteiger charge is 2.71. The van der Waals surface area contributed by atoms with Crippen molar-refractivity contribution in [3.8, 4) is 0 Å². The van der Waals surface area contributed by atoms with Crippen LogP contribution >= 0.6 is 0 Å². The van der Waals surface area contributed by atoms with Crippen molar-refractivity contribution in [2.75, 3.05) is 0 Å². The molecule has 1 aromatic carbocycles. The second-order valence-corrected chi connectivity index (χ2v) is 5.02. The molecule has 1 amide bonds. The van der Waals surface area contributed by atoms with Crippen LogP contribution in [0.2, 0.25) is 0 Å². The van der Waals surface area contributed by atoms with Gasteiger partial charge in [0.05, 0.1) is 0 Å². The molecule has 2 N–H and O–H groups in total. The molecule has 0 saturated heterocycles. The summed E-state index contributed by atoms with van der Waals surface area (Å²) in [6.45, 7) is 0.556. The number of carbonyl (C=O) groups is 1. The molecule has 0 atom stereocenters. The highest BCUT2D eigenvalue weighted by atomic mass is 19.4. The van der Waals surface area contributed by atoms with Gasteiger partial charge in [-0.2, -0.15) is 26.3 Å². The molecule has 0 radical (unpaired) electrons. The average molecular weight is 360 g/mol. The quantitative estimate of drug-likeness (QED) is 0.601. The summed E-state index contributed by atoms with van der Waals surface area (Å²) in [4.78, 5) is 11.4. The van der Waals surface area contributed by atoms with Crippen LogP contribution in [0.3, 0.4) is 0 Å². The minimum absolute atomic E-state index is 0.0148. The Bertz CT molecular complexity index is 538. The summed E-state index contributed by atoms with van der Waals surface area (Å²) in [7, 11) is 0. The number of hydrogen-bond donors (Lipinski definition) is 2. The molecule has 0 saturated carbocycles. The van der Waals surface area contributed by atoms with Crippen molar-refractivity contribution in [2.24, 2.45) is 0 Å². The van der Waals surface area contributed by atoms with E-state index in [1.54, 1.807) is 0 Å². The molecular weight excluding hydrogens is 345 g/mol. The average Bonchev–Trinajstić information content (AvgIpc) is 2.42. The van der Waals surface area contributed by atoms with E-state index in [1.165, 1.54) is 12.2 Å². The molecule has 1 aromatic rings. The summed E-state index contributed by atoms with van der Waals surface area (Å²) in [5.41, 5.74) is -4.61. The Balaban J connectivity index is 3.14. The van der Waals surface area contributed by atoms with Gasteiger partial charge >= 0.3 is 12.4 Å². The van der Waals surface area contributed by atoms with E-state index in [1.807, 2.05) is 0 Å². The number of hydrogen-bond acceptors (Lipinski definition) is 2. The Morgan fingerprint density at radius 1 is 1.00 bits per heavy atom. The standard InChI is InChI=1S/C14H15F7N2O/c1-2-3-11(24)23-12(13(16,17)18,14(19,20)21)22-8-9-4-6-10(15)7-5-9/h4-7,22H,2-3,8H2,1H3,(H,23,24). The van der Waals surface area contributed by atoms with Crippen LogP contribution < -0.4 is 10.6 Å². The minimum atomic E-state index is -5.84. The van der Waals surface area contributed by atoms with Crippen molar-refractivity contribution in [3.63, 3.8) is 0 Å². The first-order valence-electron chi connectivity index (χ1n) is 6.87. The lowest BCUT2D eigenvalue weighted by molar-refractivity contribution is -0.316. The number of amides is 1. The smallest absolute Gasteiger partial charge is 0.323 e. The predicted octanol–water partition coefficient (Wildman–Crippen LogP) is 3.65. The van der Waals surface area contributed by atoms with E-state index in [0.29, 0.717) is 0 Å². The van der Waals surface area contributed by atoms with E-state index >= 15 is 0 Å². The maximum absolute atomic E-state index is 13.2. The van der Waals surface area contributed by atoms with E-state index in [4.69, 9.17) is 0 Å². The topological polar surface area (TPSA) is 41.1 Å². The van der Waals surface area contributed by atoms with Crippen LogP contribution in [0.15, 0.2) is 24.3 Å². The van der Waals surface area contributed by atoms with Crippen LogP contribution in [-0.4, -0.2) is 23.9 Å². The van der Waals surface area contributed by atoms with Gasteiger partial charge in [0.25, 0.3) is 5.66 Å². The van der Waals surface area contributed by atoms with Gasteiger partial charge in [0.1, 0.15) is 5.82 Å². The Morgan fingerprint density at radius 3 is 1.92 bits per heavy atom. The zero-order chi connectivity index (χ0) is 18.6. The van der Waals surface area contributed by atoms with Gasteiger partial charge in [-0.05, 0) is 24.1 Å². The van der Waals surface area contributed by atoms with Gasteiger partial charge in [0, 0.05) is 13.0 Å².